The van der Waals surface area contributed by atoms with Gasteiger partial charge in [0.05, 0.1) is 0 Å². The van der Waals surface area contributed by atoms with E-state index in [2.05, 4.69) is 15.9 Å². The number of benzene rings is 1. The van der Waals surface area contributed by atoms with Crippen molar-refractivity contribution in [3.63, 3.8) is 0 Å². The van der Waals surface area contributed by atoms with Gasteiger partial charge in [-0.3, -0.25) is 4.79 Å². The third-order valence-electron chi connectivity index (χ3n) is 1.88. The van der Waals surface area contributed by atoms with Gasteiger partial charge in [-0.15, -0.1) is 0 Å². The summed E-state index contributed by atoms with van der Waals surface area (Å²) in [5.41, 5.74) is 5.11. The zero-order valence-electron chi connectivity index (χ0n) is 7.20. The number of ether oxygens (including phenoxy) is 2. The highest BCUT2D eigenvalue weighted by Crippen LogP contribution is 2.33. The van der Waals surface area contributed by atoms with Crippen LogP contribution in [0.3, 0.4) is 0 Å². The minimum Gasteiger partial charge on any atom is -0.485 e. The summed E-state index contributed by atoms with van der Waals surface area (Å²) in [5, 5.41) is 0. The van der Waals surface area contributed by atoms with Crippen LogP contribution in [0.4, 0.5) is 0 Å². The zero-order chi connectivity index (χ0) is 10.1. The highest BCUT2D eigenvalue weighted by molar-refractivity contribution is 9.10. The molecule has 1 aromatic carbocycles. The van der Waals surface area contributed by atoms with Crippen LogP contribution < -0.4 is 15.2 Å². The van der Waals surface area contributed by atoms with Crippen molar-refractivity contribution < 1.29 is 14.3 Å². The van der Waals surface area contributed by atoms with Crippen LogP contribution in [0.1, 0.15) is 0 Å². The molecule has 1 amide bonds. The smallest absolute Gasteiger partial charge is 0.262 e. The number of nitrogens with two attached hydrogens (primary N) is 1. The number of carbonyl (C=O) groups excluding carboxylic acids is 1. The monoisotopic (exact) mass is 257 g/mol. The Hall–Kier alpha value is -1.23. The summed E-state index contributed by atoms with van der Waals surface area (Å²) in [6.07, 6.45) is -0.697. The molecule has 1 aromatic rings. The molecule has 0 aliphatic carbocycles. The van der Waals surface area contributed by atoms with Gasteiger partial charge in [-0.2, -0.15) is 0 Å². The van der Waals surface area contributed by atoms with E-state index in [1.54, 1.807) is 12.1 Å². The maximum atomic E-state index is 10.9. The van der Waals surface area contributed by atoms with E-state index >= 15 is 0 Å². The van der Waals surface area contributed by atoms with Gasteiger partial charge in [-0.25, -0.2) is 0 Å². The van der Waals surface area contributed by atoms with E-state index in [-0.39, 0.29) is 6.61 Å². The van der Waals surface area contributed by atoms with Gasteiger partial charge in [0.1, 0.15) is 6.61 Å². The summed E-state index contributed by atoms with van der Waals surface area (Å²) in [4.78, 5) is 10.9. The van der Waals surface area contributed by atoms with Crippen LogP contribution in [0.15, 0.2) is 22.7 Å². The van der Waals surface area contributed by atoms with E-state index in [0.29, 0.717) is 11.5 Å². The quantitative estimate of drug-likeness (QED) is 0.819. The van der Waals surface area contributed by atoms with Crippen LogP contribution in [0.5, 0.6) is 11.5 Å². The van der Waals surface area contributed by atoms with Gasteiger partial charge < -0.3 is 15.2 Å². The number of halogens is 1. The number of rotatable bonds is 1. The molecule has 0 saturated heterocycles. The number of primary amides is 1. The standard InChI is InChI=1S/C9H8BrNO3/c10-5-1-2-6-7(3-5)14-8(4-13-6)9(11)12/h1-3,8H,4H2,(H2,11,12). The van der Waals surface area contributed by atoms with Gasteiger partial charge >= 0.3 is 0 Å². The van der Waals surface area contributed by atoms with E-state index < -0.39 is 12.0 Å². The first-order chi connectivity index (χ1) is 6.66. The fourth-order valence-electron chi connectivity index (χ4n) is 1.19. The summed E-state index contributed by atoms with van der Waals surface area (Å²) < 4.78 is 11.5. The molecule has 1 atom stereocenters. The van der Waals surface area contributed by atoms with E-state index in [1.165, 1.54) is 0 Å². The van der Waals surface area contributed by atoms with Crippen molar-refractivity contribution in [2.24, 2.45) is 5.73 Å². The first-order valence-electron chi connectivity index (χ1n) is 4.05. The van der Waals surface area contributed by atoms with Gasteiger partial charge in [0, 0.05) is 4.47 Å². The molecule has 1 unspecified atom stereocenters. The van der Waals surface area contributed by atoms with Crippen LogP contribution in [0.2, 0.25) is 0 Å². The molecular formula is C9H8BrNO3. The molecule has 74 valence electrons. The molecule has 0 saturated carbocycles. The van der Waals surface area contributed by atoms with Gasteiger partial charge in [-0.1, -0.05) is 15.9 Å². The van der Waals surface area contributed by atoms with Crippen LogP contribution in [0, 0.1) is 0 Å². The predicted octanol–water partition coefficient (Wildman–Crippen LogP) is 1.07. The largest absolute Gasteiger partial charge is 0.485 e. The minimum absolute atomic E-state index is 0.171. The summed E-state index contributed by atoms with van der Waals surface area (Å²) in [6, 6.07) is 5.36. The molecule has 2 N–H and O–H groups in total. The lowest BCUT2D eigenvalue weighted by atomic mass is 10.2. The number of amides is 1. The first kappa shape index (κ1) is 9.33. The Morgan fingerprint density at radius 2 is 2.29 bits per heavy atom. The molecule has 0 fully saturated rings. The summed E-state index contributed by atoms with van der Waals surface area (Å²) in [6.45, 7) is 0.171. The summed E-state index contributed by atoms with van der Waals surface area (Å²) in [7, 11) is 0. The molecule has 0 spiro atoms. The summed E-state index contributed by atoms with van der Waals surface area (Å²) in [5.74, 6) is 0.649. The Bertz CT molecular complexity index is 380. The molecule has 14 heavy (non-hydrogen) atoms. The molecule has 0 radical (unpaired) electrons. The fraction of sp³-hybridized carbons (Fsp3) is 0.222. The second-order valence-electron chi connectivity index (χ2n) is 2.91. The fourth-order valence-corrected chi connectivity index (χ4v) is 1.53. The lowest BCUT2D eigenvalue weighted by molar-refractivity contribution is -0.127. The molecule has 0 aromatic heterocycles. The van der Waals surface area contributed by atoms with Crippen molar-refractivity contribution in [2.75, 3.05) is 6.61 Å². The first-order valence-corrected chi connectivity index (χ1v) is 4.84. The molecular weight excluding hydrogens is 250 g/mol. The van der Waals surface area contributed by atoms with Crippen LogP contribution >= 0.6 is 15.9 Å². The van der Waals surface area contributed by atoms with Crippen molar-refractivity contribution in [2.45, 2.75) is 6.10 Å². The maximum absolute atomic E-state index is 10.9. The van der Waals surface area contributed by atoms with E-state index in [9.17, 15) is 4.79 Å². The van der Waals surface area contributed by atoms with Gasteiger partial charge in [0.15, 0.2) is 11.5 Å². The molecule has 1 heterocycles. The van der Waals surface area contributed by atoms with Crippen LogP contribution in [0.25, 0.3) is 0 Å². The van der Waals surface area contributed by atoms with Crippen molar-refractivity contribution >= 4 is 21.8 Å². The number of carbonyl (C=O) groups is 1. The lowest BCUT2D eigenvalue weighted by Crippen LogP contribution is -2.40. The molecule has 4 nitrogen and oxygen atoms in total. The average Bonchev–Trinajstić information content (AvgIpc) is 2.16. The number of fused-ring (bicyclic) bond motifs is 1. The van der Waals surface area contributed by atoms with Gasteiger partial charge in [0.2, 0.25) is 6.10 Å². The Labute approximate surface area is 89.1 Å². The normalized spacial score (nSPS) is 19.1. The van der Waals surface area contributed by atoms with Crippen molar-refractivity contribution in [1.82, 2.24) is 0 Å². The van der Waals surface area contributed by atoms with Crippen molar-refractivity contribution in [3.05, 3.63) is 22.7 Å². The Balaban J connectivity index is 2.29. The second kappa shape index (κ2) is 3.49. The predicted molar refractivity (Wildman–Crippen MR) is 53.2 cm³/mol. The topological polar surface area (TPSA) is 61.6 Å². The van der Waals surface area contributed by atoms with Crippen molar-refractivity contribution in [3.8, 4) is 11.5 Å². The van der Waals surface area contributed by atoms with Gasteiger partial charge in [-0.05, 0) is 18.2 Å². The van der Waals surface area contributed by atoms with E-state index in [0.717, 1.165) is 4.47 Å². The number of hydrogen-bond donors (Lipinski definition) is 1. The second-order valence-corrected chi connectivity index (χ2v) is 3.83. The molecule has 0 bridgehead atoms. The number of hydrogen-bond acceptors (Lipinski definition) is 3. The molecule has 2 rings (SSSR count). The Morgan fingerprint density at radius 3 is 3.00 bits per heavy atom. The Morgan fingerprint density at radius 1 is 1.50 bits per heavy atom. The van der Waals surface area contributed by atoms with E-state index in [4.69, 9.17) is 15.2 Å². The average molecular weight is 258 g/mol. The minimum atomic E-state index is -0.697. The highest BCUT2D eigenvalue weighted by Gasteiger charge is 2.25. The van der Waals surface area contributed by atoms with Crippen molar-refractivity contribution in [1.29, 1.82) is 0 Å². The van der Waals surface area contributed by atoms with E-state index in [1.807, 2.05) is 6.07 Å². The molecule has 1 aliphatic rings. The lowest BCUT2D eigenvalue weighted by Gasteiger charge is -2.24. The maximum Gasteiger partial charge on any atom is 0.262 e. The molecule has 5 heteroatoms. The molecule has 1 aliphatic heterocycles. The SMILES string of the molecule is NC(=O)C1COc2ccc(Br)cc2O1. The van der Waals surface area contributed by atoms with Crippen LogP contribution in [-0.4, -0.2) is 18.6 Å². The zero-order valence-corrected chi connectivity index (χ0v) is 8.78. The van der Waals surface area contributed by atoms with Gasteiger partial charge in [0.25, 0.3) is 5.91 Å². The highest BCUT2D eigenvalue weighted by atomic mass is 79.9. The third kappa shape index (κ3) is 1.68. The van der Waals surface area contributed by atoms with Crippen LogP contribution in [-0.2, 0) is 4.79 Å². The third-order valence-corrected chi connectivity index (χ3v) is 2.38. The Kier molecular flexibility index (Phi) is 2.33. The summed E-state index contributed by atoms with van der Waals surface area (Å²) >= 11 is 3.30.